The highest BCUT2D eigenvalue weighted by Crippen LogP contribution is 2.34. The van der Waals surface area contributed by atoms with Crippen LogP contribution in [0.1, 0.15) is 23.7 Å². The SMILES string of the molecule is O=C(OC1CCS(=O)(=O)C1)N1CCC(c2ccccc2Cl)S(=O)(=O)CC1. The van der Waals surface area contributed by atoms with Crippen LogP contribution in [0.15, 0.2) is 24.3 Å². The number of amides is 1. The van der Waals surface area contributed by atoms with E-state index >= 15 is 0 Å². The number of nitrogens with zero attached hydrogens (tertiary/aromatic N) is 1. The molecule has 0 aromatic heterocycles. The lowest BCUT2D eigenvalue weighted by molar-refractivity contribution is 0.0744. The Morgan fingerprint density at radius 3 is 2.46 bits per heavy atom. The van der Waals surface area contributed by atoms with Gasteiger partial charge in [-0.05, 0) is 24.5 Å². The highest BCUT2D eigenvalue weighted by molar-refractivity contribution is 7.91. The minimum Gasteiger partial charge on any atom is -0.445 e. The molecule has 26 heavy (non-hydrogen) atoms. The third-order valence-corrected chi connectivity index (χ3v) is 8.90. The summed E-state index contributed by atoms with van der Waals surface area (Å²) in [6.45, 7) is 0.217. The van der Waals surface area contributed by atoms with Crippen LogP contribution in [-0.2, 0) is 24.4 Å². The first-order chi connectivity index (χ1) is 12.2. The van der Waals surface area contributed by atoms with Gasteiger partial charge in [0.2, 0.25) is 0 Å². The maximum atomic E-state index is 12.6. The molecule has 2 aliphatic rings. The van der Waals surface area contributed by atoms with Crippen molar-refractivity contribution < 1.29 is 26.4 Å². The molecule has 3 rings (SSSR count). The van der Waals surface area contributed by atoms with E-state index in [0.29, 0.717) is 10.6 Å². The lowest BCUT2D eigenvalue weighted by Crippen LogP contribution is -2.36. The fourth-order valence-electron chi connectivity index (χ4n) is 3.28. The molecule has 2 unspecified atom stereocenters. The molecule has 2 fully saturated rings. The van der Waals surface area contributed by atoms with Gasteiger partial charge in [0.1, 0.15) is 6.10 Å². The Morgan fingerprint density at radius 1 is 1.08 bits per heavy atom. The van der Waals surface area contributed by atoms with E-state index in [9.17, 15) is 21.6 Å². The molecule has 0 saturated carbocycles. The summed E-state index contributed by atoms with van der Waals surface area (Å²) in [6, 6.07) is 6.79. The van der Waals surface area contributed by atoms with E-state index in [1.54, 1.807) is 24.3 Å². The molecule has 2 atom stereocenters. The molecule has 0 N–H and O–H groups in total. The molecule has 10 heteroatoms. The van der Waals surface area contributed by atoms with Crippen molar-refractivity contribution in [3.63, 3.8) is 0 Å². The molecule has 0 bridgehead atoms. The van der Waals surface area contributed by atoms with Crippen LogP contribution in [-0.4, -0.2) is 64.3 Å². The summed E-state index contributed by atoms with van der Waals surface area (Å²) >= 11 is 6.15. The van der Waals surface area contributed by atoms with Crippen molar-refractivity contribution >= 4 is 37.4 Å². The van der Waals surface area contributed by atoms with Gasteiger partial charge in [0.05, 0.1) is 22.5 Å². The van der Waals surface area contributed by atoms with Crippen LogP contribution >= 0.6 is 11.6 Å². The zero-order valence-corrected chi connectivity index (χ0v) is 16.4. The second-order valence-corrected chi connectivity index (χ2v) is 11.5. The maximum Gasteiger partial charge on any atom is 0.410 e. The van der Waals surface area contributed by atoms with Gasteiger partial charge in [-0.3, -0.25) is 0 Å². The van der Waals surface area contributed by atoms with Crippen LogP contribution in [0.25, 0.3) is 0 Å². The first kappa shape index (κ1) is 19.4. The number of benzene rings is 1. The number of ether oxygens (including phenoxy) is 1. The predicted octanol–water partition coefficient (Wildman–Crippen LogP) is 1.83. The van der Waals surface area contributed by atoms with Crippen molar-refractivity contribution in [3.8, 4) is 0 Å². The minimum absolute atomic E-state index is 0.00784. The van der Waals surface area contributed by atoms with E-state index in [4.69, 9.17) is 16.3 Å². The van der Waals surface area contributed by atoms with E-state index in [0.717, 1.165) is 0 Å². The summed E-state index contributed by atoms with van der Waals surface area (Å²) < 4.78 is 53.5. The Hall–Kier alpha value is -1.32. The molecule has 1 amide bonds. The highest BCUT2D eigenvalue weighted by Gasteiger charge is 2.36. The van der Waals surface area contributed by atoms with Gasteiger partial charge in [0.15, 0.2) is 19.7 Å². The van der Waals surface area contributed by atoms with Gasteiger partial charge in [-0.2, -0.15) is 0 Å². The van der Waals surface area contributed by atoms with E-state index in [-0.39, 0.29) is 43.2 Å². The Kier molecular flexibility index (Phi) is 5.50. The average molecular weight is 422 g/mol. The second-order valence-electron chi connectivity index (χ2n) is 6.56. The third-order valence-electron chi connectivity index (χ3n) is 4.71. The normalized spacial score (nSPS) is 27.7. The van der Waals surface area contributed by atoms with Crippen molar-refractivity contribution in [2.45, 2.75) is 24.2 Å². The van der Waals surface area contributed by atoms with E-state index < -0.39 is 37.1 Å². The van der Waals surface area contributed by atoms with E-state index in [1.807, 2.05) is 0 Å². The lowest BCUT2D eigenvalue weighted by Gasteiger charge is -2.21. The second kappa shape index (κ2) is 7.36. The lowest BCUT2D eigenvalue weighted by atomic mass is 10.1. The highest BCUT2D eigenvalue weighted by atomic mass is 35.5. The van der Waals surface area contributed by atoms with Gasteiger partial charge in [0, 0.05) is 18.1 Å². The fraction of sp³-hybridized carbons (Fsp3) is 0.562. The number of hydrogen-bond donors (Lipinski definition) is 0. The zero-order chi connectivity index (χ0) is 18.9. The first-order valence-electron chi connectivity index (χ1n) is 8.30. The van der Waals surface area contributed by atoms with Crippen LogP contribution in [0.2, 0.25) is 5.02 Å². The van der Waals surface area contributed by atoms with E-state index in [2.05, 4.69) is 0 Å². The summed E-state index contributed by atoms with van der Waals surface area (Å²) in [7, 11) is -6.63. The average Bonchev–Trinajstić information content (AvgIpc) is 2.81. The predicted molar refractivity (Wildman–Crippen MR) is 97.7 cm³/mol. The van der Waals surface area contributed by atoms with Crippen molar-refractivity contribution in [2.75, 3.05) is 30.3 Å². The van der Waals surface area contributed by atoms with Crippen LogP contribution in [0, 0.1) is 0 Å². The number of halogens is 1. The Balaban J connectivity index is 1.70. The van der Waals surface area contributed by atoms with Crippen molar-refractivity contribution in [1.29, 1.82) is 0 Å². The summed E-state index contributed by atoms with van der Waals surface area (Å²) in [4.78, 5) is 13.7. The number of hydrogen-bond acceptors (Lipinski definition) is 6. The summed E-state index contributed by atoms with van der Waals surface area (Å²) in [5, 5.41) is -0.394. The molecule has 0 aliphatic carbocycles. The number of sulfone groups is 2. The zero-order valence-electron chi connectivity index (χ0n) is 14.0. The molecule has 0 radical (unpaired) electrons. The largest absolute Gasteiger partial charge is 0.445 e. The first-order valence-corrected chi connectivity index (χ1v) is 12.2. The van der Waals surface area contributed by atoms with Crippen LogP contribution in [0.4, 0.5) is 4.79 Å². The molecule has 0 spiro atoms. The van der Waals surface area contributed by atoms with Gasteiger partial charge >= 0.3 is 6.09 Å². The van der Waals surface area contributed by atoms with Gasteiger partial charge in [-0.1, -0.05) is 29.8 Å². The quantitative estimate of drug-likeness (QED) is 0.722. The van der Waals surface area contributed by atoms with Gasteiger partial charge in [-0.15, -0.1) is 0 Å². The van der Waals surface area contributed by atoms with Crippen molar-refractivity contribution in [3.05, 3.63) is 34.9 Å². The van der Waals surface area contributed by atoms with Crippen LogP contribution in [0.5, 0.6) is 0 Å². The molecular weight excluding hydrogens is 402 g/mol. The topological polar surface area (TPSA) is 97.8 Å². The summed E-state index contributed by atoms with van der Waals surface area (Å²) in [6.07, 6.45) is -0.833. The Labute approximate surface area is 158 Å². The molecule has 1 aromatic rings. The fourth-order valence-corrected chi connectivity index (χ4v) is 7.02. The van der Waals surface area contributed by atoms with Crippen molar-refractivity contribution in [2.24, 2.45) is 0 Å². The molecule has 144 valence electrons. The van der Waals surface area contributed by atoms with Gasteiger partial charge in [0.25, 0.3) is 0 Å². The third kappa shape index (κ3) is 4.32. The molecule has 1 aromatic carbocycles. The van der Waals surface area contributed by atoms with Gasteiger partial charge < -0.3 is 9.64 Å². The monoisotopic (exact) mass is 421 g/mol. The standard InChI is InChI=1S/C16H20ClNO6S2/c17-14-4-2-1-3-13(14)15-5-7-18(8-10-26(15,22)23)16(19)24-12-6-9-25(20,21)11-12/h1-4,12,15H,5-11H2. The van der Waals surface area contributed by atoms with Crippen LogP contribution in [0.3, 0.4) is 0 Å². The number of rotatable bonds is 2. The molecular formula is C16H20ClNO6S2. The molecule has 2 heterocycles. The minimum atomic E-state index is -3.48. The Morgan fingerprint density at radius 2 is 1.81 bits per heavy atom. The molecule has 7 nitrogen and oxygen atoms in total. The summed E-state index contributed by atoms with van der Waals surface area (Å²) in [5.74, 6) is -0.359. The number of carbonyl (C=O) groups is 1. The molecule has 2 saturated heterocycles. The maximum absolute atomic E-state index is 12.6. The van der Waals surface area contributed by atoms with Crippen LogP contribution < -0.4 is 0 Å². The summed E-state index contributed by atoms with van der Waals surface area (Å²) in [5.41, 5.74) is 0.534. The van der Waals surface area contributed by atoms with Gasteiger partial charge in [-0.25, -0.2) is 21.6 Å². The Bertz CT molecular complexity index is 899. The van der Waals surface area contributed by atoms with Crippen molar-refractivity contribution in [1.82, 2.24) is 4.90 Å². The molecule has 2 aliphatic heterocycles. The smallest absolute Gasteiger partial charge is 0.410 e. The van der Waals surface area contributed by atoms with E-state index in [1.165, 1.54) is 4.90 Å². The number of carbonyl (C=O) groups excluding carboxylic acids is 1.